The first-order valence-corrected chi connectivity index (χ1v) is 5.88. The van der Waals surface area contributed by atoms with E-state index in [0.29, 0.717) is 5.56 Å². The highest BCUT2D eigenvalue weighted by Gasteiger charge is 2.14. The zero-order chi connectivity index (χ0) is 14.3. The summed E-state index contributed by atoms with van der Waals surface area (Å²) in [4.78, 5) is 23.7. The monoisotopic (exact) mass is 269 g/mol. The van der Waals surface area contributed by atoms with Gasteiger partial charge in [-0.05, 0) is 17.7 Å². The highest BCUT2D eigenvalue weighted by atomic mass is 19.1. The summed E-state index contributed by atoms with van der Waals surface area (Å²) in [5.41, 5.74) is 0.643. The minimum Gasteiger partial charge on any atom is -0.481 e. The number of amides is 1. The van der Waals surface area contributed by atoms with Crippen LogP contribution in [0.5, 0.6) is 0 Å². The summed E-state index contributed by atoms with van der Waals surface area (Å²) >= 11 is 0. The Balaban J connectivity index is 2.60. The molecule has 2 N–H and O–H groups in total. The molecule has 0 unspecified atom stereocenters. The standard InChI is InChI=1S/C13H16FNO4/c14-11-3-1-10(2-4-11)9-12(17)15(7-8-16)6-5-13(18)19/h1-4,16H,5-9H2,(H,18,19). The second-order valence-corrected chi connectivity index (χ2v) is 4.05. The van der Waals surface area contributed by atoms with Crippen LogP contribution in [0, 0.1) is 5.82 Å². The second kappa shape index (κ2) is 7.48. The third kappa shape index (κ3) is 5.48. The van der Waals surface area contributed by atoms with Crippen molar-refractivity contribution in [1.82, 2.24) is 4.90 Å². The molecule has 1 rings (SSSR count). The summed E-state index contributed by atoms with van der Waals surface area (Å²) in [6, 6.07) is 5.52. The molecule has 1 aromatic carbocycles. The number of carboxylic acids is 1. The van der Waals surface area contributed by atoms with E-state index in [1.54, 1.807) is 0 Å². The Morgan fingerprint density at radius 1 is 1.16 bits per heavy atom. The summed E-state index contributed by atoms with van der Waals surface area (Å²) < 4.78 is 12.7. The molecule has 0 fully saturated rings. The van der Waals surface area contributed by atoms with Crippen LogP contribution in [-0.4, -0.2) is 46.7 Å². The number of carbonyl (C=O) groups excluding carboxylic acids is 1. The molecule has 0 radical (unpaired) electrons. The second-order valence-electron chi connectivity index (χ2n) is 4.05. The van der Waals surface area contributed by atoms with Gasteiger partial charge in [-0.1, -0.05) is 12.1 Å². The van der Waals surface area contributed by atoms with Crippen molar-refractivity contribution in [1.29, 1.82) is 0 Å². The van der Waals surface area contributed by atoms with Gasteiger partial charge in [0.2, 0.25) is 5.91 Å². The van der Waals surface area contributed by atoms with Gasteiger partial charge in [0.15, 0.2) is 0 Å². The number of aliphatic hydroxyl groups excluding tert-OH is 1. The molecule has 0 atom stereocenters. The van der Waals surface area contributed by atoms with Crippen LogP contribution in [0.15, 0.2) is 24.3 Å². The van der Waals surface area contributed by atoms with Gasteiger partial charge in [-0.25, -0.2) is 4.39 Å². The number of hydrogen-bond donors (Lipinski definition) is 2. The normalized spacial score (nSPS) is 10.2. The van der Waals surface area contributed by atoms with Crippen molar-refractivity contribution in [3.8, 4) is 0 Å². The Labute approximate surface area is 110 Å². The molecule has 1 amide bonds. The smallest absolute Gasteiger partial charge is 0.305 e. The van der Waals surface area contributed by atoms with Gasteiger partial charge in [-0.15, -0.1) is 0 Å². The van der Waals surface area contributed by atoms with E-state index < -0.39 is 5.97 Å². The fraction of sp³-hybridized carbons (Fsp3) is 0.385. The van der Waals surface area contributed by atoms with Gasteiger partial charge >= 0.3 is 5.97 Å². The van der Waals surface area contributed by atoms with Crippen LogP contribution in [0.25, 0.3) is 0 Å². The molecule has 6 heteroatoms. The van der Waals surface area contributed by atoms with Crippen molar-refractivity contribution in [2.75, 3.05) is 19.7 Å². The number of halogens is 1. The van der Waals surface area contributed by atoms with Gasteiger partial charge in [-0.3, -0.25) is 9.59 Å². The molecule has 0 heterocycles. The predicted octanol–water partition coefficient (Wildman–Crippen LogP) is 0.664. The van der Waals surface area contributed by atoms with Crippen LogP contribution in [0.1, 0.15) is 12.0 Å². The van der Waals surface area contributed by atoms with Crippen molar-refractivity contribution >= 4 is 11.9 Å². The predicted molar refractivity (Wildman–Crippen MR) is 66.0 cm³/mol. The molecule has 0 aliphatic heterocycles. The average Bonchev–Trinajstić information content (AvgIpc) is 2.37. The number of aliphatic hydroxyl groups is 1. The maximum Gasteiger partial charge on any atom is 0.305 e. The molecule has 0 aliphatic carbocycles. The molecule has 0 aromatic heterocycles. The Morgan fingerprint density at radius 2 is 1.79 bits per heavy atom. The number of nitrogens with zero attached hydrogens (tertiary/aromatic N) is 1. The number of carbonyl (C=O) groups is 2. The summed E-state index contributed by atoms with van der Waals surface area (Å²) in [5.74, 6) is -1.67. The van der Waals surface area contributed by atoms with E-state index in [1.165, 1.54) is 29.2 Å². The number of rotatable bonds is 7. The fourth-order valence-electron chi connectivity index (χ4n) is 1.60. The van der Waals surface area contributed by atoms with Crippen molar-refractivity contribution in [2.45, 2.75) is 12.8 Å². The Hall–Kier alpha value is -1.95. The molecular formula is C13H16FNO4. The third-order valence-corrected chi connectivity index (χ3v) is 2.59. The maximum absolute atomic E-state index is 12.7. The number of hydrogen-bond acceptors (Lipinski definition) is 3. The van der Waals surface area contributed by atoms with Gasteiger partial charge in [0, 0.05) is 13.1 Å². The lowest BCUT2D eigenvalue weighted by molar-refractivity contribution is -0.138. The summed E-state index contributed by atoms with van der Waals surface area (Å²) in [6.45, 7) is -0.0853. The van der Waals surface area contributed by atoms with Gasteiger partial charge < -0.3 is 15.1 Å². The molecule has 0 aliphatic rings. The maximum atomic E-state index is 12.7. The topological polar surface area (TPSA) is 77.8 Å². The van der Waals surface area contributed by atoms with Gasteiger partial charge in [-0.2, -0.15) is 0 Å². The molecular weight excluding hydrogens is 253 g/mol. The van der Waals surface area contributed by atoms with Crippen molar-refractivity contribution in [3.05, 3.63) is 35.6 Å². The minimum absolute atomic E-state index is 0.0515. The van der Waals surface area contributed by atoms with Gasteiger partial charge in [0.1, 0.15) is 5.82 Å². The van der Waals surface area contributed by atoms with E-state index in [1.807, 2.05) is 0 Å². The number of benzene rings is 1. The SMILES string of the molecule is O=C(O)CCN(CCO)C(=O)Cc1ccc(F)cc1. The third-order valence-electron chi connectivity index (χ3n) is 2.59. The lowest BCUT2D eigenvalue weighted by atomic mass is 10.1. The first-order valence-electron chi connectivity index (χ1n) is 5.88. The van der Waals surface area contributed by atoms with Gasteiger partial charge in [0.25, 0.3) is 0 Å². The Morgan fingerprint density at radius 3 is 2.32 bits per heavy atom. The first kappa shape index (κ1) is 15.1. The Bertz CT molecular complexity index is 433. The van der Waals surface area contributed by atoms with E-state index in [0.717, 1.165) is 0 Å². The van der Waals surface area contributed by atoms with Crippen LogP contribution < -0.4 is 0 Å². The summed E-state index contributed by atoms with van der Waals surface area (Å²) in [6.07, 6.45) is -0.116. The van der Waals surface area contributed by atoms with Crippen LogP contribution in [0.2, 0.25) is 0 Å². The molecule has 0 saturated carbocycles. The number of carboxylic acid groups (broad SMARTS) is 1. The van der Waals surface area contributed by atoms with E-state index in [9.17, 15) is 14.0 Å². The summed E-state index contributed by atoms with van der Waals surface area (Å²) in [7, 11) is 0. The van der Waals surface area contributed by atoms with Crippen LogP contribution in [-0.2, 0) is 16.0 Å². The van der Waals surface area contributed by atoms with E-state index in [4.69, 9.17) is 10.2 Å². The lowest BCUT2D eigenvalue weighted by Crippen LogP contribution is -2.36. The van der Waals surface area contributed by atoms with Crippen molar-refractivity contribution in [2.24, 2.45) is 0 Å². The highest BCUT2D eigenvalue weighted by Crippen LogP contribution is 2.06. The molecule has 0 spiro atoms. The minimum atomic E-state index is -1.00. The van der Waals surface area contributed by atoms with Crippen LogP contribution in [0.3, 0.4) is 0 Å². The first-order chi connectivity index (χ1) is 9.02. The zero-order valence-electron chi connectivity index (χ0n) is 10.4. The van der Waals surface area contributed by atoms with Crippen LogP contribution in [0.4, 0.5) is 4.39 Å². The molecule has 1 aromatic rings. The highest BCUT2D eigenvalue weighted by molar-refractivity contribution is 5.79. The lowest BCUT2D eigenvalue weighted by Gasteiger charge is -2.21. The zero-order valence-corrected chi connectivity index (χ0v) is 10.4. The van der Waals surface area contributed by atoms with E-state index >= 15 is 0 Å². The van der Waals surface area contributed by atoms with Crippen molar-refractivity contribution < 1.29 is 24.2 Å². The molecule has 0 bridgehead atoms. The largest absolute Gasteiger partial charge is 0.481 e. The fourth-order valence-corrected chi connectivity index (χ4v) is 1.60. The summed E-state index contributed by atoms with van der Waals surface area (Å²) in [5, 5.41) is 17.5. The molecule has 19 heavy (non-hydrogen) atoms. The molecule has 5 nitrogen and oxygen atoms in total. The van der Waals surface area contributed by atoms with Crippen molar-refractivity contribution in [3.63, 3.8) is 0 Å². The Kier molecular flexibility index (Phi) is 5.95. The molecule has 104 valence electrons. The van der Waals surface area contributed by atoms with E-state index in [-0.39, 0.29) is 44.3 Å². The number of aliphatic carboxylic acids is 1. The van der Waals surface area contributed by atoms with Crippen LogP contribution >= 0.6 is 0 Å². The average molecular weight is 269 g/mol. The van der Waals surface area contributed by atoms with E-state index in [2.05, 4.69) is 0 Å². The van der Waals surface area contributed by atoms with Gasteiger partial charge in [0.05, 0.1) is 19.4 Å². The molecule has 0 saturated heterocycles. The quantitative estimate of drug-likeness (QED) is 0.762.